The predicted octanol–water partition coefficient (Wildman–Crippen LogP) is 2.89. The Balaban J connectivity index is 1.74. The number of hydrogen-bond donors (Lipinski definition) is 1. The number of rotatable bonds is 4. The van der Waals surface area contributed by atoms with Gasteiger partial charge in [0.05, 0.1) is 32.1 Å². The first-order valence-electron chi connectivity index (χ1n) is 9.35. The number of aliphatic carboxylic acids is 1. The number of anilines is 1. The van der Waals surface area contributed by atoms with Gasteiger partial charge in [-0.25, -0.2) is 9.36 Å². The minimum atomic E-state index is -0.955. The third kappa shape index (κ3) is 3.03. The van der Waals surface area contributed by atoms with Gasteiger partial charge in [0.15, 0.2) is 0 Å². The molecule has 4 rings (SSSR count). The van der Waals surface area contributed by atoms with E-state index in [1.165, 1.54) is 0 Å². The molecule has 1 aliphatic carbocycles. The van der Waals surface area contributed by atoms with E-state index in [4.69, 9.17) is 0 Å². The number of pyridine rings is 1. The molecule has 0 spiro atoms. The molecule has 0 aliphatic heterocycles. The quantitative estimate of drug-likeness (QED) is 0.714. The maximum atomic E-state index is 13.6. The van der Waals surface area contributed by atoms with E-state index < -0.39 is 11.4 Å². The van der Waals surface area contributed by atoms with Crippen LogP contribution < -0.4 is 9.47 Å². The zero-order chi connectivity index (χ0) is 19.9. The zero-order valence-electron chi connectivity index (χ0n) is 16.1. The molecule has 0 unspecified atom stereocenters. The van der Waals surface area contributed by atoms with E-state index in [2.05, 4.69) is 0 Å². The summed E-state index contributed by atoms with van der Waals surface area (Å²) in [7, 11) is 3.64. The van der Waals surface area contributed by atoms with Gasteiger partial charge in [0.2, 0.25) is 0 Å². The average molecular weight is 375 g/mol. The molecule has 142 valence electrons. The number of carboxylic acid groups (broad SMARTS) is 1. The van der Waals surface area contributed by atoms with Crippen molar-refractivity contribution in [1.29, 1.82) is 0 Å². The van der Waals surface area contributed by atoms with Crippen LogP contribution in [0.25, 0.3) is 10.8 Å². The molecule has 0 saturated carbocycles. The lowest BCUT2D eigenvalue weighted by Crippen LogP contribution is -2.48. The van der Waals surface area contributed by atoms with Crippen LogP contribution in [-0.4, -0.2) is 24.0 Å². The van der Waals surface area contributed by atoms with Crippen LogP contribution in [0.4, 0.5) is 5.82 Å². The van der Waals surface area contributed by atoms with Gasteiger partial charge >= 0.3 is 11.9 Å². The maximum Gasteiger partial charge on any atom is 0.316 e. The van der Waals surface area contributed by atoms with E-state index in [1.807, 2.05) is 72.4 Å². The van der Waals surface area contributed by atoms with Crippen molar-refractivity contribution >= 4 is 28.5 Å². The van der Waals surface area contributed by atoms with Crippen LogP contribution >= 0.6 is 0 Å². The molecule has 2 aromatic carbocycles. The highest BCUT2D eigenvalue weighted by Crippen LogP contribution is 2.41. The number of benzene rings is 2. The highest BCUT2D eigenvalue weighted by atomic mass is 16.4. The minimum absolute atomic E-state index is 0.156. The predicted molar refractivity (Wildman–Crippen MR) is 107 cm³/mol. The number of aromatic nitrogens is 1. The highest BCUT2D eigenvalue weighted by molar-refractivity contribution is 5.99. The summed E-state index contributed by atoms with van der Waals surface area (Å²) in [5.41, 5.74) is 1.17. The first-order chi connectivity index (χ1) is 13.4. The molecule has 3 aromatic rings. The van der Waals surface area contributed by atoms with Crippen molar-refractivity contribution in [2.24, 2.45) is 12.5 Å². The second kappa shape index (κ2) is 6.75. The van der Waals surface area contributed by atoms with E-state index in [9.17, 15) is 14.7 Å². The van der Waals surface area contributed by atoms with Crippen LogP contribution in [-0.2, 0) is 29.5 Å². The largest absolute Gasteiger partial charge is 0.481 e. The summed E-state index contributed by atoms with van der Waals surface area (Å²) in [6.45, 7) is 0. The number of aryl methyl sites for hydroxylation is 1. The fourth-order valence-corrected chi connectivity index (χ4v) is 4.40. The number of amides is 1. The summed E-state index contributed by atoms with van der Waals surface area (Å²) in [5, 5.41) is 11.7. The molecule has 0 fully saturated rings. The SMILES string of the molecule is CN(C(=O)C1(CC(=O)O)Cc2ccccc2C1)c1cc2ccccc2c[n+]1C. The number of carbonyl (C=O) groups is 2. The molecule has 0 bridgehead atoms. The summed E-state index contributed by atoms with van der Waals surface area (Å²) in [6.07, 6.45) is 2.72. The van der Waals surface area contributed by atoms with Crippen molar-refractivity contribution in [3.05, 3.63) is 71.9 Å². The van der Waals surface area contributed by atoms with Crippen LogP contribution in [0, 0.1) is 5.41 Å². The molecule has 1 aromatic heterocycles. The van der Waals surface area contributed by atoms with Crippen LogP contribution in [0.2, 0.25) is 0 Å². The van der Waals surface area contributed by atoms with Gasteiger partial charge < -0.3 is 5.11 Å². The summed E-state index contributed by atoms with van der Waals surface area (Å²) in [6, 6.07) is 17.8. The Morgan fingerprint density at radius 3 is 2.21 bits per heavy atom. The van der Waals surface area contributed by atoms with Crippen LogP contribution in [0.5, 0.6) is 0 Å². The Hall–Kier alpha value is -3.21. The van der Waals surface area contributed by atoms with E-state index in [0.717, 1.165) is 27.7 Å². The molecule has 0 radical (unpaired) electrons. The standard InChI is InChI=1S/C23H22N2O3/c1-24-15-19-10-6-3-7-16(19)11-20(24)25(2)22(28)23(14-21(26)27)12-17-8-4-5-9-18(17)13-23/h3-11,15H,12-14H2,1-2H3/p+1. The number of carboxylic acids is 1. The molecular weight excluding hydrogens is 352 g/mol. The van der Waals surface area contributed by atoms with Crippen molar-refractivity contribution < 1.29 is 19.3 Å². The van der Waals surface area contributed by atoms with Gasteiger partial charge in [0.1, 0.15) is 0 Å². The molecule has 28 heavy (non-hydrogen) atoms. The topological polar surface area (TPSA) is 61.5 Å². The number of carbonyl (C=O) groups excluding carboxylic acids is 1. The van der Waals surface area contributed by atoms with Gasteiger partial charge in [-0.1, -0.05) is 48.5 Å². The van der Waals surface area contributed by atoms with Gasteiger partial charge in [-0.2, -0.15) is 4.90 Å². The van der Waals surface area contributed by atoms with Gasteiger partial charge in [-0.05, 0) is 29.4 Å². The summed E-state index contributed by atoms with van der Waals surface area (Å²) in [5.74, 6) is -0.362. The molecule has 1 heterocycles. The zero-order valence-corrected chi connectivity index (χ0v) is 16.1. The fourth-order valence-electron chi connectivity index (χ4n) is 4.40. The molecular formula is C23H23N2O3+. The Morgan fingerprint density at radius 2 is 1.61 bits per heavy atom. The first-order valence-corrected chi connectivity index (χ1v) is 9.35. The Labute approximate surface area is 163 Å². The smallest absolute Gasteiger partial charge is 0.316 e. The molecule has 5 nitrogen and oxygen atoms in total. The lowest BCUT2D eigenvalue weighted by Gasteiger charge is -2.27. The second-order valence-electron chi connectivity index (χ2n) is 7.71. The minimum Gasteiger partial charge on any atom is -0.481 e. The lowest BCUT2D eigenvalue weighted by atomic mass is 9.80. The molecule has 0 saturated heterocycles. The lowest BCUT2D eigenvalue weighted by molar-refractivity contribution is -0.657. The van der Waals surface area contributed by atoms with E-state index in [0.29, 0.717) is 12.8 Å². The van der Waals surface area contributed by atoms with Crippen LogP contribution in [0.3, 0.4) is 0 Å². The molecule has 5 heteroatoms. The molecule has 1 aliphatic rings. The van der Waals surface area contributed by atoms with Gasteiger partial charge in [0.25, 0.3) is 5.82 Å². The Morgan fingerprint density at radius 1 is 1.04 bits per heavy atom. The molecule has 1 amide bonds. The maximum absolute atomic E-state index is 13.6. The van der Waals surface area contributed by atoms with Crippen molar-refractivity contribution in [3.63, 3.8) is 0 Å². The summed E-state index contributed by atoms with van der Waals surface area (Å²) in [4.78, 5) is 26.9. The highest BCUT2D eigenvalue weighted by Gasteiger charge is 2.50. The van der Waals surface area contributed by atoms with Crippen molar-refractivity contribution in [3.8, 4) is 0 Å². The number of hydrogen-bond acceptors (Lipinski definition) is 2. The van der Waals surface area contributed by atoms with Crippen molar-refractivity contribution in [1.82, 2.24) is 0 Å². The fraction of sp³-hybridized carbons (Fsp3) is 0.261. The van der Waals surface area contributed by atoms with Gasteiger partial charge in [-0.3, -0.25) is 4.79 Å². The van der Waals surface area contributed by atoms with Crippen molar-refractivity contribution in [2.45, 2.75) is 19.3 Å². The third-order valence-corrected chi connectivity index (χ3v) is 5.74. The average Bonchev–Trinajstić information content (AvgIpc) is 3.04. The van der Waals surface area contributed by atoms with Crippen molar-refractivity contribution in [2.75, 3.05) is 11.9 Å². The van der Waals surface area contributed by atoms with E-state index in [-0.39, 0.29) is 12.3 Å². The normalized spacial score (nSPS) is 14.6. The molecule has 1 N–H and O–H groups in total. The third-order valence-electron chi connectivity index (χ3n) is 5.74. The molecule has 0 atom stereocenters. The van der Waals surface area contributed by atoms with Gasteiger partial charge in [0, 0.05) is 11.5 Å². The van der Waals surface area contributed by atoms with Crippen LogP contribution in [0.15, 0.2) is 60.8 Å². The number of nitrogens with zero attached hydrogens (tertiary/aromatic N) is 2. The summed E-state index contributed by atoms with van der Waals surface area (Å²) < 4.78 is 1.91. The van der Waals surface area contributed by atoms with Gasteiger partial charge in [-0.15, -0.1) is 0 Å². The Bertz CT molecular complexity index is 1070. The first kappa shape index (κ1) is 18.2. The Kier molecular flexibility index (Phi) is 4.38. The van der Waals surface area contributed by atoms with E-state index >= 15 is 0 Å². The number of fused-ring (bicyclic) bond motifs is 2. The summed E-state index contributed by atoms with van der Waals surface area (Å²) >= 11 is 0. The van der Waals surface area contributed by atoms with E-state index in [1.54, 1.807) is 11.9 Å². The monoisotopic (exact) mass is 375 g/mol. The second-order valence-corrected chi connectivity index (χ2v) is 7.71. The van der Waals surface area contributed by atoms with Crippen LogP contribution in [0.1, 0.15) is 17.5 Å².